The monoisotopic (exact) mass is 321 g/mol. The van der Waals surface area contributed by atoms with Crippen LogP contribution in [0.2, 0.25) is 0 Å². The fourth-order valence-electron chi connectivity index (χ4n) is 2.43. The molecule has 0 fully saturated rings. The Morgan fingerprint density at radius 2 is 1.83 bits per heavy atom. The zero-order valence-electron chi connectivity index (χ0n) is 13.2. The summed E-state index contributed by atoms with van der Waals surface area (Å²) in [4.78, 5) is 2.90. The average molecular weight is 321 g/mol. The summed E-state index contributed by atoms with van der Waals surface area (Å²) in [5.41, 5.74) is 9.09. The molecule has 3 nitrogen and oxygen atoms in total. The number of thiophene rings is 1. The molecule has 2 aromatic carbocycles. The second-order valence-corrected chi connectivity index (χ2v) is 6.69. The van der Waals surface area contributed by atoms with E-state index in [1.54, 1.807) is 11.3 Å². The summed E-state index contributed by atoms with van der Waals surface area (Å²) >= 11 is 1.56. The number of nitrogens with zero attached hydrogens (tertiary/aromatic N) is 1. The molecule has 0 bridgehead atoms. The highest BCUT2D eigenvalue weighted by molar-refractivity contribution is 7.20. The fraction of sp³-hybridized carbons (Fsp3) is 0.105. The molecule has 116 valence electrons. The van der Waals surface area contributed by atoms with E-state index in [9.17, 15) is 0 Å². The molecule has 0 aliphatic heterocycles. The molecule has 1 heterocycles. The number of fused-ring (bicyclic) bond motifs is 1. The van der Waals surface area contributed by atoms with E-state index in [-0.39, 0.29) is 5.84 Å². The van der Waals surface area contributed by atoms with Crippen LogP contribution >= 0.6 is 11.3 Å². The van der Waals surface area contributed by atoms with Crippen molar-refractivity contribution in [1.82, 2.24) is 0 Å². The standard InChI is InChI=1S/C19H19N3S/c1-22(2)15-10-7-13(8-11-15)6-9-14-4-3-5-17-16(14)12-18(23-17)19(20)21/h3-12H,1-2H3,(H3,20,21)/b9-6+. The normalized spacial score (nSPS) is 11.2. The van der Waals surface area contributed by atoms with Gasteiger partial charge in [0.1, 0.15) is 5.84 Å². The molecule has 0 saturated carbocycles. The number of hydrogen-bond acceptors (Lipinski definition) is 3. The number of nitrogens with two attached hydrogens (primary N) is 1. The number of amidine groups is 1. The van der Waals surface area contributed by atoms with Gasteiger partial charge in [0.2, 0.25) is 0 Å². The van der Waals surface area contributed by atoms with E-state index >= 15 is 0 Å². The Kier molecular flexibility index (Phi) is 4.17. The molecular formula is C19H19N3S. The average Bonchev–Trinajstić information content (AvgIpc) is 2.98. The predicted molar refractivity (Wildman–Crippen MR) is 103 cm³/mol. The Hall–Kier alpha value is -2.59. The minimum absolute atomic E-state index is 0.125. The predicted octanol–water partition coefficient (Wildman–Crippen LogP) is 4.42. The van der Waals surface area contributed by atoms with Gasteiger partial charge >= 0.3 is 0 Å². The van der Waals surface area contributed by atoms with Gasteiger partial charge < -0.3 is 10.6 Å². The van der Waals surface area contributed by atoms with Crippen molar-refractivity contribution in [3.8, 4) is 0 Å². The molecule has 3 N–H and O–H groups in total. The molecule has 0 aliphatic carbocycles. The summed E-state index contributed by atoms with van der Waals surface area (Å²) in [6, 6.07) is 16.6. The van der Waals surface area contributed by atoms with E-state index in [1.165, 1.54) is 5.69 Å². The highest BCUT2D eigenvalue weighted by Gasteiger charge is 2.06. The van der Waals surface area contributed by atoms with E-state index in [2.05, 4.69) is 53.5 Å². The topological polar surface area (TPSA) is 53.1 Å². The molecule has 0 radical (unpaired) electrons. The molecule has 0 spiro atoms. The Balaban J connectivity index is 1.92. The molecular weight excluding hydrogens is 302 g/mol. The molecule has 0 atom stereocenters. The van der Waals surface area contributed by atoms with Crippen LogP contribution in [0.3, 0.4) is 0 Å². The minimum Gasteiger partial charge on any atom is -0.383 e. The van der Waals surface area contributed by atoms with Gasteiger partial charge in [0.15, 0.2) is 0 Å². The molecule has 3 rings (SSSR count). The largest absolute Gasteiger partial charge is 0.383 e. The molecule has 3 aromatic rings. The number of benzene rings is 2. The first-order valence-electron chi connectivity index (χ1n) is 7.37. The Morgan fingerprint density at radius 3 is 2.48 bits per heavy atom. The zero-order valence-corrected chi connectivity index (χ0v) is 14.0. The van der Waals surface area contributed by atoms with Crippen molar-refractivity contribution in [3.05, 3.63) is 64.5 Å². The van der Waals surface area contributed by atoms with Crippen LogP contribution in [0.5, 0.6) is 0 Å². The quantitative estimate of drug-likeness (QED) is 0.424. The summed E-state index contributed by atoms with van der Waals surface area (Å²) in [5.74, 6) is 0.125. The van der Waals surface area contributed by atoms with Crippen LogP contribution in [0.15, 0.2) is 48.5 Å². The molecule has 0 amide bonds. The van der Waals surface area contributed by atoms with E-state index < -0.39 is 0 Å². The van der Waals surface area contributed by atoms with Gasteiger partial charge in [0.25, 0.3) is 0 Å². The van der Waals surface area contributed by atoms with Gasteiger partial charge in [-0.15, -0.1) is 11.3 Å². The maximum atomic E-state index is 7.60. The van der Waals surface area contributed by atoms with Crippen molar-refractivity contribution < 1.29 is 0 Å². The third kappa shape index (κ3) is 3.27. The summed E-state index contributed by atoms with van der Waals surface area (Å²) < 4.78 is 1.15. The molecule has 23 heavy (non-hydrogen) atoms. The third-order valence-electron chi connectivity index (χ3n) is 3.73. The van der Waals surface area contributed by atoms with Gasteiger partial charge in [0.05, 0.1) is 4.88 Å². The van der Waals surface area contributed by atoms with Crippen LogP contribution in [0.4, 0.5) is 5.69 Å². The van der Waals surface area contributed by atoms with Crippen molar-refractivity contribution in [2.75, 3.05) is 19.0 Å². The smallest absolute Gasteiger partial charge is 0.133 e. The SMILES string of the molecule is CN(C)c1ccc(/C=C/c2cccc3sc(C(=N)N)cc23)cc1. The van der Waals surface area contributed by atoms with Crippen LogP contribution in [-0.4, -0.2) is 19.9 Å². The highest BCUT2D eigenvalue weighted by atomic mass is 32.1. The molecule has 0 aliphatic rings. The maximum absolute atomic E-state index is 7.60. The summed E-state index contributed by atoms with van der Waals surface area (Å²) in [5, 5.41) is 8.74. The first-order valence-corrected chi connectivity index (χ1v) is 8.18. The Labute approximate surface area is 140 Å². The van der Waals surface area contributed by atoms with Crippen molar-refractivity contribution in [1.29, 1.82) is 5.41 Å². The lowest BCUT2D eigenvalue weighted by Gasteiger charge is -2.11. The highest BCUT2D eigenvalue weighted by Crippen LogP contribution is 2.29. The van der Waals surface area contributed by atoms with Gasteiger partial charge in [-0.2, -0.15) is 0 Å². The first-order chi connectivity index (χ1) is 11.0. The van der Waals surface area contributed by atoms with Crippen LogP contribution in [-0.2, 0) is 0 Å². The van der Waals surface area contributed by atoms with Gasteiger partial charge in [-0.25, -0.2) is 0 Å². The summed E-state index contributed by atoms with van der Waals surface area (Å²) in [6.45, 7) is 0. The van der Waals surface area contributed by atoms with E-state index in [4.69, 9.17) is 11.1 Å². The minimum atomic E-state index is 0.125. The summed E-state index contributed by atoms with van der Waals surface area (Å²) in [6.07, 6.45) is 4.23. The van der Waals surface area contributed by atoms with Crippen LogP contribution in [0, 0.1) is 5.41 Å². The van der Waals surface area contributed by atoms with Crippen LogP contribution in [0.1, 0.15) is 16.0 Å². The van der Waals surface area contributed by atoms with E-state index in [0.29, 0.717) is 0 Å². The Bertz CT molecular complexity index is 873. The number of anilines is 1. The molecule has 4 heteroatoms. The summed E-state index contributed by atoms with van der Waals surface area (Å²) in [7, 11) is 4.07. The van der Waals surface area contributed by atoms with Crippen LogP contribution < -0.4 is 10.6 Å². The third-order valence-corrected chi connectivity index (χ3v) is 4.86. The molecule has 1 aromatic heterocycles. The number of rotatable bonds is 4. The van der Waals surface area contributed by atoms with Gasteiger partial charge in [-0.05, 0) is 35.4 Å². The molecule has 0 saturated heterocycles. The zero-order chi connectivity index (χ0) is 16.4. The fourth-order valence-corrected chi connectivity index (χ4v) is 3.39. The van der Waals surface area contributed by atoms with E-state index in [1.807, 2.05) is 26.2 Å². The van der Waals surface area contributed by atoms with Crippen molar-refractivity contribution in [2.45, 2.75) is 0 Å². The molecule has 0 unspecified atom stereocenters. The maximum Gasteiger partial charge on any atom is 0.133 e. The Morgan fingerprint density at radius 1 is 1.09 bits per heavy atom. The lowest BCUT2D eigenvalue weighted by atomic mass is 10.1. The van der Waals surface area contributed by atoms with Gasteiger partial charge in [-0.3, -0.25) is 5.41 Å². The van der Waals surface area contributed by atoms with Gasteiger partial charge in [0, 0.05) is 29.9 Å². The number of nitrogens with one attached hydrogen (secondary N) is 1. The van der Waals surface area contributed by atoms with Crippen molar-refractivity contribution >= 4 is 45.1 Å². The second-order valence-electron chi connectivity index (χ2n) is 5.60. The second kappa shape index (κ2) is 6.26. The first kappa shape index (κ1) is 15.3. The number of hydrogen-bond donors (Lipinski definition) is 2. The lowest BCUT2D eigenvalue weighted by molar-refractivity contribution is 1.13. The van der Waals surface area contributed by atoms with Crippen molar-refractivity contribution in [3.63, 3.8) is 0 Å². The lowest BCUT2D eigenvalue weighted by Crippen LogP contribution is -2.08. The van der Waals surface area contributed by atoms with Crippen molar-refractivity contribution in [2.24, 2.45) is 5.73 Å². The number of nitrogen functional groups attached to an aromatic ring is 1. The van der Waals surface area contributed by atoms with Gasteiger partial charge in [-0.1, -0.05) is 36.4 Å². The van der Waals surface area contributed by atoms with E-state index in [0.717, 1.165) is 26.1 Å². The van der Waals surface area contributed by atoms with Crippen LogP contribution in [0.25, 0.3) is 22.2 Å².